The number of hydrogen-bond acceptors (Lipinski definition) is 6. The summed E-state index contributed by atoms with van der Waals surface area (Å²) >= 11 is 0. The number of halogens is 1. The molecular weight excluding hydrogens is 541 g/mol. The van der Waals surface area contributed by atoms with Crippen LogP contribution in [0.25, 0.3) is 22.3 Å². The second-order valence-electron chi connectivity index (χ2n) is 12.4. The van der Waals surface area contributed by atoms with E-state index in [2.05, 4.69) is 65.4 Å². The van der Waals surface area contributed by atoms with E-state index < -0.39 is 5.82 Å². The standard InChI is InChI=1S/C35H38FN5O2/c1-23(25-9-6-5-7-10-25)34-38-33(39-43-34)28-22-41(21-24-11-13-26(14-12-24)35(2,3)4)30-20-31(29(36)19-27(30)32(28)42)40-17-8-15-37-16-18-40/h5-7,9-14,19-20,22-23,37H,8,15-18,21H2,1-4H3. The van der Waals surface area contributed by atoms with Crippen LogP contribution in [-0.4, -0.2) is 40.9 Å². The van der Waals surface area contributed by atoms with Gasteiger partial charge in [-0.3, -0.25) is 4.79 Å². The summed E-state index contributed by atoms with van der Waals surface area (Å²) in [4.78, 5) is 20.6. The monoisotopic (exact) mass is 579 g/mol. The van der Waals surface area contributed by atoms with Crippen LogP contribution in [0.2, 0.25) is 0 Å². The first-order chi connectivity index (χ1) is 20.7. The van der Waals surface area contributed by atoms with Gasteiger partial charge in [-0.1, -0.05) is 80.5 Å². The summed E-state index contributed by atoms with van der Waals surface area (Å²) in [6.07, 6.45) is 2.71. The van der Waals surface area contributed by atoms with Crippen LogP contribution >= 0.6 is 0 Å². The summed E-state index contributed by atoms with van der Waals surface area (Å²) in [6, 6.07) is 21.6. The zero-order valence-electron chi connectivity index (χ0n) is 25.2. The number of fused-ring (bicyclic) bond motifs is 1. The molecule has 8 heteroatoms. The molecule has 1 N–H and O–H groups in total. The van der Waals surface area contributed by atoms with Crippen LogP contribution in [0, 0.1) is 5.82 Å². The van der Waals surface area contributed by atoms with Gasteiger partial charge in [-0.25, -0.2) is 4.39 Å². The minimum atomic E-state index is -0.406. The smallest absolute Gasteiger partial charge is 0.234 e. The predicted octanol–water partition coefficient (Wildman–Crippen LogP) is 6.49. The molecule has 1 fully saturated rings. The van der Waals surface area contributed by atoms with Crippen molar-refractivity contribution in [3.63, 3.8) is 0 Å². The Labute approximate surface area is 251 Å². The van der Waals surface area contributed by atoms with Gasteiger partial charge in [-0.2, -0.15) is 4.98 Å². The fraction of sp³-hybridized carbons (Fsp3) is 0.343. The number of hydrogen-bond donors (Lipinski definition) is 1. The van der Waals surface area contributed by atoms with Crippen LogP contribution in [-0.2, 0) is 12.0 Å². The van der Waals surface area contributed by atoms with E-state index in [-0.39, 0.29) is 28.1 Å². The molecule has 1 aliphatic heterocycles. The highest BCUT2D eigenvalue weighted by Crippen LogP contribution is 2.30. The molecule has 1 saturated heterocycles. The number of rotatable bonds is 6. The third-order valence-corrected chi connectivity index (χ3v) is 8.36. The molecule has 7 nitrogen and oxygen atoms in total. The number of benzene rings is 3. The van der Waals surface area contributed by atoms with E-state index in [0.29, 0.717) is 35.6 Å². The average molecular weight is 580 g/mol. The molecule has 3 heterocycles. The molecule has 5 aromatic rings. The minimum absolute atomic E-state index is 0.0391. The maximum Gasteiger partial charge on any atom is 0.234 e. The molecule has 0 bridgehead atoms. The maximum atomic E-state index is 15.7. The van der Waals surface area contributed by atoms with Crippen LogP contribution in [0.5, 0.6) is 0 Å². The number of anilines is 1. The second-order valence-corrected chi connectivity index (χ2v) is 12.4. The molecule has 3 aromatic carbocycles. The first-order valence-corrected chi connectivity index (χ1v) is 15.0. The van der Waals surface area contributed by atoms with Gasteiger partial charge in [0.15, 0.2) is 0 Å². The van der Waals surface area contributed by atoms with Gasteiger partial charge in [0.1, 0.15) is 5.82 Å². The van der Waals surface area contributed by atoms with Crippen molar-refractivity contribution in [2.24, 2.45) is 0 Å². The van der Waals surface area contributed by atoms with Gasteiger partial charge in [-0.15, -0.1) is 0 Å². The zero-order valence-corrected chi connectivity index (χ0v) is 25.2. The lowest BCUT2D eigenvalue weighted by atomic mass is 9.87. The van der Waals surface area contributed by atoms with Crippen molar-refractivity contribution in [2.75, 3.05) is 31.1 Å². The van der Waals surface area contributed by atoms with E-state index in [4.69, 9.17) is 4.52 Å². The van der Waals surface area contributed by atoms with Gasteiger partial charge in [-0.05, 0) is 54.1 Å². The van der Waals surface area contributed by atoms with Crippen molar-refractivity contribution in [3.8, 4) is 11.4 Å². The van der Waals surface area contributed by atoms with Crippen LogP contribution in [0.1, 0.15) is 62.6 Å². The summed E-state index contributed by atoms with van der Waals surface area (Å²) in [5.74, 6) is 0.0664. The molecule has 0 spiro atoms. The van der Waals surface area contributed by atoms with Crippen molar-refractivity contribution in [1.29, 1.82) is 0 Å². The molecule has 0 saturated carbocycles. The highest BCUT2D eigenvalue weighted by molar-refractivity contribution is 5.86. The lowest BCUT2D eigenvalue weighted by molar-refractivity contribution is 0.371. The summed E-state index contributed by atoms with van der Waals surface area (Å²) < 4.78 is 23.4. The normalized spacial score (nSPS) is 15.0. The quantitative estimate of drug-likeness (QED) is 0.248. The van der Waals surface area contributed by atoms with Crippen molar-refractivity contribution in [1.82, 2.24) is 20.0 Å². The molecule has 0 radical (unpaired) electrons. The Morgan fingerprint density at radius 3 is 2.53 bits per heavy atom. The third kappa shape index (κ3) is 5.97. The summed E-state index contributed by atoms with van der Waals surface area (Å²) in [6.45, 7) is 12.2. The fourth-order valence-corrected chi connectivity index (χ4v) is 5.73. The molecule has 6 rings (SSSR count). The van der Waals surface area contributed by atoms with E-state index in [1.54, 1.807) is 6.20 Å². The minimum Gasteiger partial charge on any atom is -0.368 e. The fourth-order valence-electron chi connectivity index (χ4n) is 5.73. The Kier molecular flexibility index (Phi) is 7.88. The molecule has 1 atom stereocenters. The summed E-state index contributed by atoms with van der Waals surface area (Å²) in [7, 11) is 0. The van der Waals surface area contributed by atoms with E-state index in [1.807, 2.05) is 47.9 Å². The van der Waals surface area contributed by atoms with E-state index in [1.165, 1.54) is 11.6 Å². The highest BCUT2D eigenvalue weighted by atomic mass is 19.1. The average Bonchev–Trinajstić information content (AvgIpc) is 3.33. The van der Waals surface area contributed by atoms with Gasteiger partial charge in [0.2, 0.25) is 17.1 Å². The van der Waals surface area contributed by atoms with E-state index in [9.17, 15) is 4.79 Å². The van der Waals surface area contributed by atoms with Crippen molar-refractivity contribution in [3.05, 3.63) is 112 Å². The molecular formula is C35H38FN5O2. The topological polar surface area (TPSA) is 76.2 Å². The summed E-state index contributed by atoms with van der Waals surface area (Å²) in [5.41, 5.74) is 4.52. The van der Waals surface area contributed by atoms with E-state index >= 15 is 4.39 Å². The molecule has 2 aromatic heterocycles. The number of nitrogens with zero attached hydrogens (tertiary/aromatic N) is 4. The zero-order chi connectivity index (χ0) is 30.1. The Morgan fingerprint density at radius 2 is 1.79 bits per heavy atom. The highest BCUT2D eigenvalue weighted by Gasteiger charge is 2.23. The van der Waals surface area contributed by atoms with Crippen LogP contribution in [0.3, 0.4) is 0 Å². The Balaban J connectivity index is 1.46. The largest absolute Gasteiger partial charge is 0.368 e. The first-order valence-electron chi connectivity index (χ1n) is 15.0. The third-order valence-electron chi connectivity index (χ3n) is 8.36. The van der Waals surface area contributed by atoms with Crippen molar-refractivity contribution >= 4 is 16.6 Å². The predicted molar refractivity (Wildman–Crippen MR) is 169 cm³/mol. The molecule has 1 unspecified atom stereocenters. The lowest BCUT2D eigenvalue weighted by Crippen LogP contribution is -2.29. The Hall–Kier alpha value is -4.30. The van der Waals surface area contributed by atoms with Crippen molar-refractivity contribution in [2.45, 2.75) is 52.0 Å². The van der Waals surface area contributed by atoms with Crippen LogP contribution in [0.15, 0.2) is 82.2 Å². The van der Waals surface area contributed by atoms with Gasteiger partial charge in [0.25, 0.3) is 0 Å². The van der Waals surface area contributed by atoms with Gasteiger partial charge in [0, 0.05) is 37.8 Å². The maximum absolute atomic E-state index is 15.7. The molecule has 222 valence electrons. The SMILES string of the molecule is CC(c1ccccc1)c1nc(-c2cn(Cc3ccc(C(C)(C)C)cc3)c3cc(N4CCCNCC4)c(F)cc3c2=O)no1. The van der Waals surface area contributed by atoms with Crippen molar-refractivity contribution < 1.29 is 8.91 Å². The van der Waals surface area contributed by atoms with Gasteiger partial charge < -0.3 is 19.3 Å². The van der Waals surface area contributed by atoms with E-state index in [0.717, 1.165) is 37.2 Å². The second kappa shape index (κ2) is 11.8. The molecule has 0 amide bonds. The molecule has 43 heavy (non-hydrogen) atoms. The van der Waals surface area contributed by atoms with Gasteiger partial charge in [0.05, 0.1) is 22.7 Å². The Bertz CT molecular complexity index is 1780. The lowest BCUT2D eigenvalue weighted by Gasteiger charge is -2.24. The van der Waals surface area contributed by atoms with Crippen LogP contribution in [0.4, 0.5) is 10.1 Å². The summed E-state index contributed by atoms with van der Waals surface area (Å²) in [5, 5.41) is 7.87. The van der Waals surface area contributed by atoms with Gasteiger partial charge >= 0.3 is 0 Å². The van der Waals surface area contributed by atoms with Crippen LogP contribution < -0.4 is 15.6 Å². The Morgan fingerprint density at radius 1 is 1.02 bits per heavy atom. The number of nitrogens with one attached hydrogen (secondary N) is 1. The number of aromatic nitrogens is 3. The molecule has 1 aliphatic rings. The molecule has 0 aliphatic carbocycles. The number of pyridine rings is 1. The first kappa shape index (κ1) is 28.8.